The van der Waals surface area contributed by atoms with Gasteiger partial charge in [0.2, 0.25) is 0 Å². The van der Waals surface area contributed by atoms with Crippen molar-refractivity contribution in [2.45, 2.75) is 19.3 Å². The van der Waals surface area contributed by atoms with E-state index in [1.54, 1.807) is 17.6 Å². The molecule has 11 rings (SSSR count). The van der Waals surface area contributed by atoms with E-state index in [-0.39, 0.29) is 5.92 Å². The Bertz CT molecular complexity index is 3260. The third kappa shape index (κ3) is 5.50. The average molecular weight is 764 g/mol. The van der Waals surface area contributed by atoms with Crippen molar-refractivity contribution < 1.29 is 4.74 Å². The Kier molecular flexibility index (Phi) is 8.34. The van der Waals surface area contributed by atoms with E-state index in [1.807, 2.05) is 18.2 Å². The van der Waals surface area contributed by atoms with Gasteiger partial charge in [0.15, 0.2) is 5.82 Å². The summed E-state index contributed by atoms with van der Waals surface area (Å²) in [7, 11) is 0. The predicted molar refractivity (Wildman–Crippen MR) is 242 cm³/mol. The minimum absolute atomic E-state index is 0.00881. The molecule has 1 aliphatic carbocycles. The fourth-order valence-electron chi connectivity index (χ4n) is 8.86. The largest absolute Gasteiger partial charge is 0.465 e. The van der Waals surface area contributed by atoms with E-state index < -0.39 is 0 Å². The van der Waals surface area contributed by atoms with Gasteiger partial charge in [-0.15, -0.1) is 11.3 Å². The third-order valence-electron chi connectivity index (χ3n) is 11.4. The second kappa shape index (κ2) is 14.1. The van der Waals surface area contributed by atoms with Crippen LogP contribution >= 0.6 is 11.3 Å². The molecule has 0 saturated heterocycles. The van der Waals surface area contributed by atoms with Crippen LogP contribution < -0.4 is 4.74 Å². The first-order chi connectivity index (χ1) is 28.8. The number of para-hydroxylation sites is 3. The highest BCUT2D eigenvalue weighted by Crippen LogP contribution is 2.54. The zero-order chi connectivity index (χ0) is 38.6. The maximum absolute atomic E-state index is 6.33. The van der Waals surface area contributed by atoms with E-state index in [9.17, 15) is 0 Å². The molecule has 0 amide bonds. The summed E-state index contributed by atoms with van der Waals surface area (Å²) in [5.74, 6) is 1.56. The van der Waals surface area contributed by atoms with Gasteiger partial charge in [-0.25, -0.2) is 9.97 Å². The molecule has 7 aromatic carbocycles. The zero-order valence-electron chi connectivity index (χ0n) is 31.8. The summed E-state index contributed by atoms with van der Waals surface area (Å²) in [5.41, 5.74) is 13.6. The van der Waals surface area contributed by atoms with Crippen LogP contribution in [0.1, 0.15) is 36.0 Å². The van der Waals surface area contributed by atoms with Crippen LogP contribution in [0.3, 0.4) is 0 Å². The van der Waals surface area contributed by atoms with Crippen LogP contribution in [-0.4, -0.2) is 14.5 Å². The lowest BCUT2D eigenvalue weighted by Crippen LogP contribution is -2.02. The van der Waals surface area contributed by atoms with E-state index in [2.05, 4.69) is 175 Å². The van der Waals surface area contributed by atoms with Crippen LogP contribution in [0.25, 0.3) is 81.6 Å². The number of thiophene rings is 1. The van der Waals surface area contributed by atoms with Crippen LogP contribution in [0, 0.1) is 0 Å². The van der Waals surface area contributed by atoms with E-state index >= 15 is 0 Å². The zero-order valence-corrected chi connectivity index (χ0v) is 32.7. The lowest BCUT2D eigenvalue weighted by atomic mass is 9.88. The molecular weight excluding hydrogens is 727 g/mol. The number of fused-ring (bicyclic) bond motifs is 9. The number of rotatable bonds is 8. The second-order valence-corrected chi connectivity index (χ2v) is 15.8. The van der Waals surface area contributed by atoms with Crippen LogP contribution in [0.5, 0.6) is 5.75 Å². The van der Waals surface area contributed by atoms with Gasteiger partial charge >= 0.3 is 0 Å². The highest BCUT2D eigenvalue weighted by Gasteiger charge is 2.34. The first-order valence-electron chi connectivity index (χ1n) is 19.8. The molecule has 1 unspecified atom stereocenters. The van der Waals surface area contributed by atoms with E-state index in [0.29, 0.717) is 5.82 Å². The van der Waals surface area contributed by atoms with Gasteiger partial charge in [0, 0.05) is 49.2 Å². The van der Waals surface area contributed by atoms with Crippen LogP contribution in [0.4, 0.5) is 0 Å². The van der Waals surface area contributed by atoms with Gasteiger partial charge in [-0.05, 0) is 83.3 Å². The van der Waals surface area contributed by atoms with Crippen LogP contribution in [-0.2, 0) is 0 Å². The summed E-state index contributed by atoms with van der Waals surface area (Å²) >= 11 is 1.77. The minimum Gasteiger partial charge on any atom is -0.465 e. The number of hydrogen-bond donors (Lipinski definition) is 0. The molecule has 1 atom stereocenters. The summed E-state index contributed by atoms with van der Waals surface area (Å²) in [6.45, 7) is 2.13. The Labute approximate surface area is 340 Å². The van der Waals surface area contributed by atoms with Crippen molar-refractivity contribution in [3.05, 3.63) is 205 Å². The fourth-order valence-corrected chi connectivity index (χ4v) is 10.0. The number of benzene rings is 7. The van der Waals surface area contributed by atoms with Crippen LogP contribution in [0.15, 0.2) is 188 Å². The number of aromatic nitrogens is 3. The van der Waals surface area contributed by atoms with Crippen LogP contribution in [0.2, 0.25) is 0 Å². The minimum atomic E-state index is -0.00881. The Morgan fingerprint density at radius 3 is 2.24 bits per heavy atom. The first kappa shape index (κ1) is 34.2. The highest BCUT2D eigenvalue weighted by molar-refractivity contribution is 7.26. The number of hydrogen-bond acceptors (Lipinski definition) is 4. The topological polar surface area (TPSA) is 39.9 Å². The SMILES string of the molecule is CC/C=C\C=C\Oc1ccccc1C1c2ccccc2-c2c(-c3nc(-c4ccc5c(c4)c4ccccc4n5-c4ccccc4)nc4c3sc3ccccc34)cccc21. The van der Waals surface area contributed by atoms with Gasteiger partial charge in [-0.3, -0.25) is 0 Å². The molecule has 58 heavy (non-hydrogen) atoms. The van der Waals surface area contributed by atoms with Gasteiger partial charge in [0.1, 0.15) is 5.75 Å². The summed E-state index contributed by atoms with van der Waals surface area (Å²) in [5, 5.41) is 3.52. The molecule has 0 N–H and O–H groups in total. The van der Waals surface area contributed by atoms with Gasteiger partial charge in [-0.2, -0.15) is 0 Å². The Morgan fingerprint density at radius 2 is 1.34 bits per heavy atom. The monoisotopic (exact) mass is 763 g/mol. The molecule has 4 nitrogen and oxygen atoms in total. The van der Waals surface area contributed by atoms with Gasteiger partial charge in [0.25, 0.3) is 0 Å². The van der Waals surface area contributed by atoms with Crippen molar-refractivity contribution in [1.82, 2.24) is 14.5 Å². The molecule has 276 valence electrons. The van der Waals surface area contributed by atoms with Crippen molar-refractivity contribution >= 4 is 53.4 Å². The molecule has 0 aliphatic heterocycles. The molecular formula is C53H37N3OS. The molecule has 0 radical (unpaired) electrons. The van der Waals surface area contributed by atoms with Crippen molar-refractivity contribution in [3.63, 3.8) is 0 Å². The van der Waals surface area contributed by atoms with Crippen molar-refractivity contribution in [2.24, 2.45) is 0 Å². The second-order valence-electron chi connectivity index (χ2n) is 14.7. The summed E-state index contributed by atoms with van der Waals surface area (Å²) in [4.78, 5) is 11.0. The van der Waals surface area contributed by atoms with Crippen molar-refractivity contribution in [3.8, 4) is 45.2 Å². The summed E-state index contributed by atoms with van der Waals surface area (Å²) in [6.07, 6.45) is 8.86. The molecule has 1 aliphatic rings. The standard InChI is InChI=1S/C53H37N3OS/c1-2-3-4-16-32-57-46-28-14-11-23-39(46)48-37-21-8-9-22-38(37)49-41(48)25-17-26-42(49)51-52-50(40-24-12-15-29-47(40)58-52)54-53(55-51)34-30-31-45-43(33-34)36-20-10-13-27-44(36)56(45)35-18-6-5-7-19-35/h3-33,48H,2H2,1H3/b4-3-,32-16+. The smallest absolute Gasteiger partial charge is 0.160 e. The predicted octanol–water partition coefficient (Wildman–Crippen LogP) is 14.3. The Balaban J connectivity index is 1.13. The van der Waals surface area contributed by atoms with Gasteiger partial charge in [-0.1, -0.05) is 134 Å². The molecule has 3 aromatic heterocycles. The summed E-state index contributed by atoms with van der Waals surface area (Å²) < 4.78 is 11.0. The lowest BCUT2D eigenvalue weighted by molar-refractivity contribution is 0.474. The maximum Gasteiger partial charge on any atom is 0.160 e. The molecule has 0 spiro atoms. The van der Waals surface area contributed by atoms with Crippen molar-refractivity contribution in [1.29, 1.82) is 0 Å². The van der Waals surface area contributed by atoms with E-state index in [4.69, 9.17) is 14.7 Å². The normalized spacial score (nSPS) is 13.7. The average Bonchev–Trinajstić information content (AvgIpc) is 3.94. The first-order valence-corrected chi connectivity index (χ1v) is 20.7. The molecule has 0 fully saturated rings. The molecule has 10 aromatic rings. The quantitative estimate of drug-likeness (QED) is 0.114. The van der Waals surface area contributed by atoms with E-state index in [1.165, 1.54) is 43.2 Å². The number of nitrogens with zero attached hydrogens (tertiary/aromatic N) is 3. The molecule has 5 heteroatoms. The van der Waals surface area contributed by atoms with E-state index in [0.717, 1.165) is 61.4 Å². The van der Waals surface area contributed by atoms with Gasteiger partial charge in [0.05, 0.1) is 33.2 Å². The molecule has 0 bridgehead atoms. The fraction of sp³-hybridized carbons (Fsp3) is 0.0566. The third-order valence-corrected chi connectivity index (χ3v) is 12.5. The highest BCUT2D eigenvalue weighted by atomic mass is 32.1. The Morgan fingerprint density at radius 1 is 0.621 bits per heavy atom. The Hall–Kier alpha value is -7.08. The van der Waals surface area contributed by atoms with Gasteiger partial charge < -0.3 is 9.30 Å². The summed E-state index contributed by atoms with van der Waals surface area (Å²) in [6, 6.07) is 58.5. The van der Waals surface area contributed by atoms with Crippen molar-refractivity contribution in [2.75, 3.05) is 0 Å². The lowest BCUT2D eigenvalue weighted by Gasteiger charge is -2.18. The number of allylic oxidation sites excluding steroid dienone is 3. The number of ether oxygens (including phenoxy) is 1. The molecule has 0 saturated carbocycles. The maximum atomic E-state index is 6.33. The molecule has 3 heterocycles.